The Kier molecular flexibility index (Phi) is 5.32. The summed E-state index contributed by atoms with van der Waals surface area (Å²) in [4.78, 5) is 4.94. The van der Waals surface area contributed by atoms with E-state index < -0.39 is 0 Å². The lowest BCUT2D eigenvalue weighted by molar-refractivity contribution is 0.0359. The average molecular weight is 200 g/mol. The Morgan fingerprint density at radius 2 is 2.21 bits per heavy atom. The highest BCUT2D eigenvalue weighted by atomic mass is 16.5. The number of rotatable bonds is 5. The Morgan fingerprint density at radius 1 is 1.50 bits per heavy atom. The minimum atomic E-state index is -0.289. The molecule has 0 aliphatic carbocycles. The van der Waals surface area contributed by atoms with Crippen LogP contribution in [0.4, 0.5) is 0 Å². The first kappa shape index (κ1) is 11.3. The summed E-state index contributed by atoms with van der Waals surface area (Å²) in [6.45, 7) is 4.17. The van der Waals surface area contributed by atoms with Gasteiger partial charge in [0.1, 0.15) is 0 Å². The topological polar surface area (TPSA) is 81.5 Å². The largest absolute Gasteiger partial charge is 0.396 e. The molecule has 0 bridgehead atoms. The third-order valence-corrected chi connectivity index (χ3v) is 2.31. The second kappa shape index (κ2) is 6.62. The fraction of sp³-hybridized carbons (Fsp3) is 1.00. The highest BCUT2D eigenvalue weighted by Crippen LogP contribution is 2.03. The summed E-state index contributed by atoms with van der Waals surface area (Å²) < 4.78 is 5.21. The van der Waals surface area contributed by atoms with Crippen molar-refractivity contribution in [2.24, 2.45) is 5.11 Å². The first-order valence-corrected chi connectivity index (χ1v) is 4.82. The van der Waals surface area contributed by atoms with Gasteiger partial charge >= 0.3 is 0 Å². The lowest BCUT2D eigenvalue weighted by Gasteiger charge is -2.27. The maximum atomic E-state index is 8.88. The van der Waals surface area contributed by atoms with Crippen molar-refractivity contribution in [1.82, 2.24) is 4.90 Å². The molecular weight excluding hydrogens is 184 g/mol. The molecule has 6 heteroatoms. The fourth-order valence-corrected chi connectivity index (χ4v) is 1.41. The summed E-state index contributed by atoms with van der Waals surface area (Å²) in [6.07, 6.45) is 0.709. The summed E-state index contributed by atoms with van der Waals surface area (Å²) in [6, 6.07) is -0.289. The average Bonchev–Trinajstić information content (AvgIpc) is 2.25. The molecule has 6 nitrogen and oxygen atoms in total. The zero-order valence-electron chi connectivity index (χ0n) is 8.17. The minimum absolute atomic E-state index is 0.0750. The van der Waals surface area contributed by atoms with Gasteiger partial charge in [0.15, 0.2) is 0 Å². The van der Waals surface area contributed by atoms with Crippen molar-refractivity contribution < 1.29 is 9.84 Å². The number of nitrogens with zero attached hydrogens (tertiary/aromatic N) is 4. The number of aliphatic hydroxyl groups excluding tert-OH is 1. The molecule has 0 amide bonds. The molecule has 14 heavy (non-hydrogen) atoms. The molecule has 0 spiro atoms. The van der Waals surface area contributed by atoms with Crippen LogP contribution >= 0.6 is 0 Å². The van der Waals surface area contributed by atoms with Crippen molar-refractivity contribution in [3.8, 4) is 0 Å². The summed E-state index contributed by atoms with van der Waals surface area (Å²) >= 11 is 0. The van der Waals surface area contributed by atoms with Gasteiger partial charge in [0.25, 0.3) is 0 Å². The number of hydrogen-bond donors (Lipinski definition) is 1. The van der Waals surface area contributed by atoms with Gasteiger partial charge in [0.2, 0.25) is 0 Å². The van der Waals surface area contributed by atoms with E-state index in [1.165, 1.54) is 0 Å². The van der Waals surface area contributed by atoms with Gasteiger partial charge in [-0.2, -0.15) is 0 Å². The molecule has 1 N–H and O–H groups in total. The molecule has 0 saturated carbocycles. The monoisotopic (exact) mass is 200 g/mol. The van der Waals surface area contributed by atoms with Crippen molar-refractivity contribution in [2.75, 3.05) is 39.5 Å². The van der Waals surface area contributed by atoms with E-state index in [9.17, 15) is 0 Å². The first-order valence-electron chi connectivity index (χ1n) is 4.82. The molecule has 0 aromatic rings. The van der Waals surface area contributed by atoms with Gasteiger partial charge in [0, 0.05) is 18.0 Å². The third-order valence-electron chi connectivity index (χ3n) is 2.31. The summed E-state index contributed by atoms with van der Waals surface area (Å²) in [5.74, 6) is 0. The van der Waals surface area contributed by atoms with Crippen molar-refractivity contribution in [2.45, 2.75) is 12.5 Å². The van der Waals surface area contributed by atoms with E-state index in [0.29, 0.717) is 6.42 Å². The van der Waals surface area contributed by atoms with Gasteiger partial charge in [-0.25, -0.2) is 0 Å². The minimum Gasteiger partial charge on any atom is -0.396 e. The Labute approximate surface area is 83.1 Å². The Morgan fingerprint density at radius 3 is 2.79 bits per heavy atom. The van der Waals surface area contributed by atoms with Crippen LogP contribution in [0.2, 0.25) is 0 Å². The molecule has 1 unspecified atom stereocenters. The molecule has 1 rings (SSSR count). The summed E-state index contributed by atoms with van der Waals surface area (Å²) in [7, 11) is 0. The molecular formula is C8H16N4O2. The van der Waals surface area contributed by atoms with Crippen molar-refractivity contribution in [3.63, 3.8) is 0 Å². The SMILES string of the molecule is [N-]=[N+]=NC(CO)CCN1CCOCC1. The summed E-state index contributed by atoms with van der Waals surface area (Å²) in [5.41, 5.74) is 8.22. The molecule has 0 aromatic heterocycles. The van der Waals surface area contributed by atoms with Crippen LogP contribution in [-0.2, 0) is 4.74 Å². The zero-order valence-corrected chi connectivity index (χ0v) is 8.17. The van der Waals surface area contributed by atoms with E-state index in [2.05, 4.69) is 14.9 Å². The molecule has 1 atom stereocenters. The standard InChI is InChI=1S/C8H16N4O2/c9-11-10-8(7-13)1-2-12-3-5-14-6-4-12/h8,13H,1-7H2. The van der Waals surface area contributed by atoms with Crippen LogP contribution in [0.15, 0.2) is 5.11 Å². The van der Waals surface area contributed by atoms with E-state index >= 15 is 0 Å². The van der Waals surface area contributed by atoms with Gasteiger partial charge in [-0.1, -0.05) is 5.11 Å². The number of aliphatic hydroxyl groups is 1. The van der Waals surface area contributed by atoms with Crippen LogP contribution in [0.5, 0.6) is 0 Å². The smallest absolute Gasteiger partial charge is 0.0617 e. The molecule has 1 aliphatic heterocycles. The van der Waals surface area contributed by atoms with E-state index in [1.807, 2.05) is 0 Å². The second-order valence-electron chi connectivity index (χ2n) is 3.28. The second-order valence-corrected chi connectivity index (χ2v) is 3.28. The van der Waals surface area contributed by atoms with Crippen LogP contribution in [0.3, 0.4) is 0 Å². The Hall–Kier alpha value is -0.810. The number of morpholine rings is 1. The van der Waals surface area contributed by atoms with Crippen LogP contribution in [-0.4, -0.2) is 55.5 Å². The highest BCUT2D eigenvalue weighted by Gasteiger charge is 2.12. The van der Waals surface area contributed by atoms with E-state index in [4.69, 9.17) is 15.4 Å². The number of hydrogen-bond acceptors (Lipinski definition) is 4. The van der Waals surface area contributed by atoms with E-state index in [-0.39, 0.29) is 12.6 Å². The van der Waals surface area contributed by atoms with E-state index in [1.54, 1.807) is 0 Å². The van der Waals surface area contributed by atoms with Gasteiger partial charge in [-0.05, 0) is 18.5 Å². The van der Waals surface area contributed by atoms with Crippen LogP contribution < -0.4 is 0 Å². The highest BCUT2D eigenvalue weighted by molar-refractivity contribution is 4.70. The molecule has 0 aromatic carbocycles. The van der Waals surface area contributed by atoms with Crippen molar-refractivity contribution in [3.05, 3.63) is 10.4 Å². The third kappa shape index (κ3) is 3.93. The number of ether oxygens (including phenoxy) is 1. The molecule has 1 aliphatic rings. The molecule has 1 fully saturated rings. The number of azide groups is 1. The van der Waals surface area contributed by atoms with Gasteiger partial charge < -0.3 is 9.84 Å². The maximum Gasteiger partial charge on any atom is 0.0617 e. The Balaban J connectivity index is 2.19. The van der Waals surface area contributed by atoms with Gasteiger partial charge in [-0.3, -0.25) is 4.90 Å². The van der Waals surface area contributed by atoms with Gasteiger partial charge in [0.05, 0.1) is 25.9 Å². The van der Waals surface area contributed by atoms with Crippen LogP contribution in [0.25, 0.3) is 10.4 Å². The fourth-order valence-electron chi connectivity index (χ4n) is 1.41. The van der Waals surface area contributed by atoms with E-state index in [0.717, 1.165) is 32.8 Å². The van der Waals surface area contributed by atoms with Crippen LogP contribution in [0, 0.1) is 0 Å². The maximum absolute atomic E-state index is 8.88. The summed E-state index contributed by atoms with van der Waals surface area (Å²) in [5, 5.41) is 12.4. The molecule has 1 saturated heterocycles. The molecule has 80 valence electrons. The quantitative estimate of drug-likeness (QED) is 0.395. The predicted octanol–water partition coefficient (Wildman–Crippen LogP) is 0.380. The van der Waals surface area contributed by atoms with Crippen LogP contribution in [0.1, 0.15) is 6.42 Å². The normalized spacial score (nSPS) is 20.1. The molecule has 1 heterocycles. The zero-order chi connectivity index (χ0) is 10.2. The van der Waals surface area contributed by atoms with Crippen molar-refractivity contribution >= 4 is 0 Å². The first-order chi connectivity index (χ1) is 6.86. The predicted molar refractivity (Wildman–Crippen MR) is 51.9 cm³/mol. The van der Waals surface area contributed by atoms with Crippen molar-refractivity contribution in [1.29, 1.82) is 0 Å². The lowest BCUT2D eigenvalue weighted by Crippen LogP contribution is -2.38. The molecule has 0 radical (unpaired) electrons. The Bertz CT molecular complexity index is 200. The van der Waals surface area contributed by atoms with Gasteiger partial charge in [-0.15, -0.1) is 0 Å². The lowest BCUT2D eigenvalue weighted by atomic mass is 10.2.